The van der Waals surface area contributed by atoms with Crippen LogP contribution < -0.4 is 4.74 Å². The minimum absolute atomic E-state index is 0.228. The maximum Gasteiger partial charge on any atom is 0.433 e. The summed E-state index contributed by atoms with van der Waals surface area (Å²) in [4.78, 5) is 14.2. The molecule has 1 aromatic heterocycles. The summed E-state index contributed by atoms with van der Waals surface area (Å²) in [7, 11) is 0. The number of halogens is 5. The van der Waals surface area contributed by atoms with Gasteiger partial charge in [0.25, 0.3) is 0 Å². The number of fused-ring (bicyclic) bond motifs is 1. The first-order chi connectivity index (χ1) is 9.70. The first kappa shape index (κ1) is 14.9. The second kappa shape index (κ2) is 5.15. The molecular weight excluding hydrogens is 301 g/mol. The fourth-order valence-electron chi connectivity index (χ4n) is 1.73. The maximum absolute atomic E-state index is 12.6. The number of nitrogens with zero attached hydrogens (tertiary/aromatic N) is 1. The van der Waals surface area contributed by atoms with Gasteiger partial charge in [-0.2, -0.15) is 22.0 Å². The highest BCUT2D eigenvalue weighted by Crippen LogP contribution is 2.33. The van der Waals surface area contributed by atoms with E-state index in [4.69, 9.17) is 5.11 Å². The van der Waals surface area contributed by atoms with E-state index in [1.807, 2.05) is 0 Å². The van der Waals surface area contributed by atoms with Gasteiger partial charge < -0.3 is 9.84 Å². The minimum atomic E-state index is -4.80. The van der Waals surface area contributed by atoms with E-state index in [0.29, 0.717) is 6.07 Å². The zero-order valence-corrected chi connectivity index (χ0v) is 9.99. The van der Waals surface area contributed by atoms with Gasteiger partial charge in [0.1, 0.15) is 11.2 Å². The molecule has 0 saturated carbocycles. The van der Waals surface area contributed by atoms with Gasteiger partial charge in [0.15, 0.2) is 5.75 Å². The van der Waals surface area contributed by atoms with Crippen molar-refractivity contribution in [3.63, 3.8) is 0 Å². The van der Waals surface area contributed by atoms with Crippen LogP contribution in [0.5, 0.6) is 5.75 Å². The molecule has 1 N–H and O–H groups in total. The first-order valence-corrected chi connectivity index (χ1v) is 5.39. The first-order valence-electron chi connectivity index (χ1n) is 5.39. The Morgan fingerprint density at radius 2 is 1.86 bits per heavy atom. The molecule has 0 bridgehead atoms. The summed E-state index contributed by atoms with van der Waals surface area (Å²) in [5, 5.41) is 8.72. The van der Waals surface area contributed by atoms with E-state index >= 15 is 0 Å². The molecule has 0 fully saturated rings. The molecule has 1 heterocycles. The second-order valence-electron chi connectivity index (χ2n) is 3.89. The monoisotopic (exact) mass is 307 g/mol. The Morgan fingerprint density at radius 1 is 1.19 bits per heavy atom. The molecule has 4 nitrogen and oxygen atoms in total. The van der Waals surface area contributed by atoms with Crippen molar-refractivity contribution < 1.29 is 36.6 Å². The predicted octanol–water partition coefficient (Wildman–Crippen LogP) is 3.55. The van der Waals surface area contributed by atoms with Gasteiger partial charge in [0.05, 0.1) is 5.56 Å². The number of aromatic carboxylic acids is 1. The number of rotatable bonds is 3. The molecule has 0 amide bonds. The zero-order chi connectivity index (χ0) is 15.8. The van der Waals surface area contributed by atoms with E-state index < -0.39 is 35.7 Å². The van der Waals surface area contributed by atoms with Gasteiger partial charge in [-0.15, -0.1) is 0 Å². The van der Waals surface area contributed by atoms with Crippen molar-refractivity contribution in [1.29, 1.82) is 0 Å². The fourth-order valence-corrected chi connectivity index (χ4v) is 1.73. The lowest BCUT2D eigenvalue weighted by Crippen LogP contribution is -2.10. The van der Waals surface area contributed by atoms with Crippen molar-refractivity contribution in [2.75, 3.05) is 0 Å². The van der Waals surface area contributed by atoms with Crippen molar-refractivity contribution >= 4 is 16.9 Å². The van der Waals surface area contributed by atoms with Crippen LogP contribution in [-0.2, 0) is 6.18 Å². The average molecular weight is 307 g/mol. The van der Waals surface area contributed by atoms with Crippen LogP contribution in [0.2, 0.25) is 0 Å². The Hall–Kier alpha value is -2.45. The van der Waals surface area contributed by atoms with Crippen LogP contribution in [-0.4, -0.2) is 22.7 Å². The number of hydrogen-bond donors (Lipinski definition) is 1. The van der Waals surface area contributed by atoms with Crippen LogP contribution in [0.3, 0.4) is 0 Å². The standard InChI is InChI=1S/C12H6F5NO3/c13-11(14)21-7-3-1-6(10(19)20)5-2-4-8(12(15,16)17)18-9(5)7/h1-4,11H,(H,19,20). The number of carboxylic acids is 1. The van der Waals surface area contributed by atoms with Gasteiger partial charge in [0, 0.05) is 5.39 Å². The number of alkyl halides is 5. The molecule has 0 saturated heterocycles. The summed E-state index contributed by atoms with van der Waals surface area (Å²) in [6.07, 6.45) is -4.80. The summed E-state index contributed by atoms with van der Waals surface area (Å²) < 4.78 is 66.4. The van der Waals surface area contributed by atoms with Crippen molar-refractivity contribution in [3.05, 3.63) is 35.5 Å². The molecule has 0 radical (unpaired) electrons. The Kier molecular flexibility index (Phi) is 3.67. The van der Waals surface area contributed by atoms with E-state index in [0.717, 1.165) is 18.2 Å². The molecule has 2 aromatic rings. The number of ether oxygens (including phenoxy) is 1. The molecule has 0 aliphatic rings. The maximum atomic E-state index is 12.6. The Balaban J connectivity index is 2.74. The van der Waals surface area contributed by atoms with E-state index in [1.54, 1.807) is 0 Å². The van der Waals surface area contributed by atoms with Crippen molar-refractivity contribution in [3.8, 4) is 5.75 Å². The van der Waals surface area contributed by atoms with E-state index in [2.05, 4.69) is 9.72 Å². The lowest BCUT2D eigenvalue weighted by atomic mass is 10.1. The summed E-state index contributed by atoms with van der Waals surface area (Å²) >= 11 is 0. The summed E-state index contributed by atoms with van der Waals surface area (Å²) in [5.41, 5.74) is -2.30. The molecule has 0 spiro atoms. The molecule has 21 heavy (non-hydrogen) atoms. The third kappa shape index (κ3) is 3.01. The largest absolute Gasteiger partial charge is 0.478 e. The van der Waals surface area contributed by atoms with Crippen LogP contribution in [0, 0.1) is 0 Å². The number of pyridine rings is 1. The highest BCUT2D eigenvalue weighted by atomic mass is 19.4. The third-order valence-electron chi connectivity index (χ3n) is 2.56. The van der Waals surface area contributed by atoms with Crippen molar-refractivity contribution in [2.24, 2.45) is 0 Å². The fraction of sp³-hybridized carbons (Fsp3) is 0.167. The smallest absolute Gasteiger partial charge is 0.433 e. The second-order valence-corrected chi connectivity index (χ2v) is 3.89. The number of benzene rings is 1. The minimum Gasteiger partial charge on any atom is -0.478 e. The van der Waals surface area contributed by atoms with Crippen LogP contribution in [0.25, 0.3) is 10.9 Å². The third-order valence-corrected chi connectivity index (χ3v) is 2.56. The molecule has 112 valence electrons. The average Bonchev–Trinajstić information content (AvgIpc) is 2.36. The molecule has 2 rings (SSSR count). The SMILES string of the molecule is O=C(O)c1ccc(OC(F)F)c2nc(C(F)(F)F)ccc12. The van der Waals surface area contributed by atoms with Crippen LogP contribution in [0.4, 0.5) is 22.0 Å². The molecular formula is C12H6F5NO3. The quantitative estimate of drug-likeness (QED) is 0.881. The topological polar surface area (TPSA) is 59.4 Å². The number of aromatic nitrogens is 1. The van der Waals surface area contributed by atoms with Crippen LogP contribution in [0.1, 0.15) is 16.1 Å². The highest BCUT2D eigenvalue weighted by molar-refractivity contribution is 6.04. The lowest BCUT2D eigenvalue weighted by Gasteiger charge is -2.12. The van der Waals surface area contributed by atoms with Crippen LogP contribution >= 0.6 is 0 Å². The van der Waals surface area contributed by atoms with Crippen molar-refractivity contribution in [2.45, 2.75) is 12.8 Å². The van der Waals surface area contributed by atoms with E-state index in [-0.39, 0.29) is 10.9 Å². The van der Waals surface area contributed by atoms with Crippen LogP contribution in [0.15, 0.2) is 24.3 Å². The zero-order valence-electron chi connectivity index (χ0n) is 9.99. The summed E-state index contributed by atoms with van der Waals surface area (Å²) in [6, 6.07) is 3.22. The van der Waals surface area contributed by atoms with E-state index in [9.17, 15) is 26.7 Å². The molecule has 9 heteroatoms. The Labute approximate surface area is 113 Å². The van der Waals surface area contributed by atoms with Crippen molar-refractivity contribution in [1.82, 2.24) is 4.98 Å². The van der Waals surface area contributed by atoms with Gasteiger partial charge in [0.2, 0.25) is 0 Å². The van der Waals surface area contributed by atoms with Gasteiger partial charge in [-0.25, -0.2) is 9.78 Å². The number of carboxylic acid groups (broad SMARTS) is 1. The van der Waals surface area contributed by atoms with Gasteiger partial charge in [-0.05, 0) is 24.3 Å². The molecule has 0 aliphatic carbocycles. The number of hydrogen-bond acceptors (Lipinski definition) is 3. The lowest BCUT2D eigenvalue weighted by molar-refractivity contribution is -0.140. The molecule has 0 aliphatic heterocycles. The summed E-state index contributed by atoms with van der Waals surface area (Å²) in [5.74, 6) is -2.05. The van der Waals surface area contributed by atoms with Gasteiger partial charge in [-0.3, -0.25) is 0 Å². The van der Waals surface area contributed by atoms with E-state index in [1.165, 1.54) is 0 Å². The Morgan fingerprint density at radius 3 is 2.38 bits per heavy atom. The van der Waals surface area contributed by atoms with Gasteiger partial charge in [-0.1, -0.05) is 0 Å². The molecule has 0 unspecified atom stereocenters. The molecule has 1 aromatic carbocycles. The normalized spacial score (nSPS) is 11.9. The number of carbonyl (C=O) groups is 1. The molecule has 0 atom stereocenters. The predicted molar refractivity (Wildman–Crippen MR) is 60.3 cm³/mol. The highest BCUT2D eigenvalue weighted by Gasteiger charge is 2.33. The summed E-state index contributed by atoms with van der Waals surface area (Å²) in [6.45, 7) is -3.28. The Bertz CT molecular complexity index is 699. The van der Waals surface area contributed by atoms with Gasteiger partial charge >= 0.3 is 18.8 Å².